The van der Waals surface area contributed by atoms with Crippen LogP contribution >= 0.6 is 23.4 Å². The summed E-state index contributed by atoms with van der Waals surface area (Å²) in [6.07, 6.45) is 1.17. The van der Waals surface area contributed by atoms with E-state index in [1.54, 1.807) is 11.8 Å². The zero-order valence-electron chi connectivity index (χ0n) is 11.0. The highest BCUT2D eigenvalue weighted by Gasteiger charge is 2.24. The molecule has 1 atom stereocenters. The molecule has 0 aliphatic carbocycles. The van der Waals surface area contributed by atoms with Crippen molar-refractivity contribution in [2.24, 2.45) is 4.99 Å². The van der Waals surface area contributed by atoms with Crippen molar-refractivity contribution in [2.45, 2.75) is 38.8 Å². The molecule has 1 saturated heterocycles. The van der Waals surface area contributed by atoms with Gasteiger partial charge >= 0.3 is 0 Å². The smallest absolute Gasteiger partial charge is 0.157 e. The normalized spacial score (nSPS) is 22.6. The van der Waals surface area contributed by atoms with E-state index in [0.29, 0.717) is 0 Å². The van der Waals surface area contributed by atoms with Crippen LogP contribution in [-0.4, -0.2) is 16.5 Å². The van der Waals surface area contributed by atoms with Gasteiger partial charge in [0.15, 0.2) is 5.17 Å². The second-order valence-electron chi connectivity index (χ2n) is 5.27. The highest BCUT2D eigenvalue weighted by Crippen LogP contribution is 2.25. The largest absolute Gasteiger partial charge is 0.360 e. The molecule has 2 nitrogen and oxygen atoms in total. The maximum absolute atomic E-state index is 6.01. The molecule has 1 N–H and O–H groups in total. The lowest BCUT2D eigenvalue weighted by molar-refractivity contribution is 0.445. The van der Waals surface area contributed by atoms with E-state index in [0.717, 1.165) is 21.5 Å². The number of hydrogen-bond donors (Lipinski definition) is 1. The fourth-order valence-electron chi connectivity index (χ4n) is 1.88. The van der Waals surface area contributed by atoms with Crippen molar-refractivity contribution >= 4 is 28.5 Å². The number of benzene rings is 1. The summed E-state index contributed by atoms with van der Waals surface area (Å²) in [6.45, 7) is 6.53. The molecule has 18 heavy (non-hydrogen) atoms. The molecule has 1 aliphatic rings. The van der Waals surface area contributed by atoms with E-state index >= 15 is 0 Å². The van der Waals surface area contributed by atoms with E-state index in [2.05, 4.69) is 32.2 Å². The average Bonchev–Trinajstić information content (AvgIpc) is 2.27. The third kappa shape index (κ3) is 3.66. The van der Waals surface area contributed by atoms with Crippen molar-refractivity contribution in [3.63, 3.8) is 0 Å². The maximum Gasteiger partial charge on any atom is 0.157 e. The van der Waals surface area contributed by atoms with Crippen LogP contribution in [0.15, 0.2) is 29.3 Å². The van der Waals surface area contributed by atoms with Crippen molar-refractivity contribution in [2.75, 3.05) is 5.75 Å². The van der Waals surface area contributed by atoms with Crippen LogP contribution in [0.2, 0.25) is 5.02 Å². The van der Waals surface area contributed by atoms with Gasteiger partial charge in [0.1, 0.15) is 0 Å². The quantitative estimate of drug-likeness (QED) is 0.876. The van der Waals surface area contributed by atoms with Crippen molar-refractivity contribution < 1.29 is 0 Å². The lowest BCUT2D eigenvalue weighted by atomic mass is 10.0. The zero-order chi connectivity index (χ0) is 13.2. The van der Waals surface area contributed by atoms with E-state index in [4.69, 9.17) is 16.6 Å². The Morgan fingerprint density at radius 1 is 1.44 bits per heavy atom. The van der Waals surface area contributed by atoms with Gasteiger partial charge in [-0.25, -0.2) is 0 Å². The molecule has 1 aliphatic heterocycles. The first-order valence-electron chi connectivity index (χ1n) is 6.20. The number of nitrogens with one attached hydrogen (secondary N) is 1. The van der Waals surface area contributed by atoms with Gasteiger partial charge in [0, 0.05) is 16.3 Å². The molecule has 4 heteroatoms. The van der Waals surface area contributed by atoms with E-state index < -0.39 is 0 Å². The van der Waals surface area contributed by atoms with Gasteiger partial charge in [-0.3, -0.25) is 4.99 Å². The molecule has 0 radical (unpaired) electrons. The fourth-order valence-corrected chi connectivity index (χ4v) is 3.46. The topological polar surface area (TPSA) is 24.4 Å². The summed E-state index contributed by atoms with van der Waals surface area (Å²) in [5, 5.41) is 5.30. The monoisotopic (exact) mass is 282 g/mol. The summed E-state index contributed by atoms with van der Waals surface area (Å²) in [5.74, 6) is 1.13. The summed E-state index contributed by atoms with van der Waals surface area (Å²) in [5.41, 5.74) is 1.30. The second-order valence-corrected chi connectivity index (χ2v) is 6.79. The molecule has 1 aromatic rings. The Balaban J connectivity index is 2.12. The molecule has 0 spiro atoms. The number of nitrogens with zero attached hydrogens (tertiary/aromatic N) is 1. The number of halogens is 1. The molecular formula is C14H19ClN2S. The summed E-state index contributed by atoms with van der Waals surface area (Å²) in [7, 11) is 0. The number of amidine groups is 1. The summed E-state index contributed by atoms with van der Waals surface area (Å²) in [4.78, 5) is 4.75. The van der Waals surface area contributed by atoms with Gasteiger partial charge in [0.05, 0.1) is 6.04 Å². The van der Waals surface area contributed by atoms with Crippen LogP contribution in [0.3, 0.4) is 0 Å². The molecule has 0 saturated carbocycles. The van der Waals surface area contributed by atoms with Gasteiger partial charge in [-0.15, -0.1) is 0 Å². The third-order valence-corrected chi connectivity index (χ3v) is 4.18. The minimum Gasteiger partial charge on any atom is -0.360 e. The van der Waals surface area contributed by atoms with Crippen LogP contribution in [0.5, 0.6) is 0 Å². The van der Waals surface area contributed by atoms with Crippen LogP contribution in [0.1, 0.15) is 38.8 Å². The SMILES string of the molecule is CC(N=C1NC(C)(C)CCS1)c1cccc(Cl)c1. The Kier molecular flexibility index (Phi) is 4.23. The Morgan fingerprint density at radius 2 is 2.22 bits per heavy atom. The van der Waals surface area contributed by atoms with E-state index in [-0.39, 0.29) is 11.6 Å². The fraction of sp³-hybridized carbons (Fsp3) is 0.500. The van der Waals surface area contributed by atoms with Crippen LogP contribution < -0.4 is 5.32 Å². The molecule has 0 amide bonds. The van der Waals surface area contributed by atoms with Gasteiger partial charge < -0.3 is 5.32 Å². The number of hydrogen-bond acceptors (Lipinski definition) is 2. The zero-order valence-corrected chi connectivity index (χ0v) is 12.6. The number of aliphatic imine (C=N–C) groups is 1. The first kappa shape index (κ1) is 13.8. The molecule has 98 valence electrons. The first-order chi connectivity index (χ1) is 8.46. The van der Waals surface area contributed by atoms with Gasteiger partial charge in [-0.2, -0.15) is 0 Å². The van der Waals surface area contributed by atoms with E-state index in [1.807, 2.05) is 18.2 Å². The average molecular weight is 283 g/mol. The highest BCUT2D eigenvalue weighted by molar-refractivity contribution is 8.13. The standard InChI is InChI=1S/C14H19ClN2S/c1-10(11-5-4-6-12(15)9-11)16-13-17-14(2,3)7-8-18-13/h4-6,9-10H,7-8H2,1-3H3,(H,16,17). The predicted molar refractivity (Wildman–Crippen MR) is 81.6 cm³/mol. The third-order valence-electron chi connectivity index (χ3n) is 3.05. The molecule has 2 rings (SSSR count). The van der Waals surface area contributed by atoms with Crippen molar-refractivity contribution in [3.05, 3.63) is 34.9 Å². The Labute approximate surface area is 118 Å². The van der Waals surface area contributed by atoms with Crippen LogP contribution in [0.4, 0.5) is 0 Å². The second kappa shape index (κ2) is 5.54. The summed E-state index contributed by atoms with van der Waals surface area (Å²) in [6, 6.07) is 8.04. The number of rotatable bonds is 2. The van der Waals surface area contributed by atoms with Crippen molar-refractivity contribution in [1.82, 2.24) is 5.32 Å². The van der Waals surface area contributed by atoms with E-state index in [1.165, 1.54) is 6.42 Å². The van der Waals surface area contributed by atoms with Gasteiger partial charge in [0.2, 0.25) is 0 Å². The maximum atomic E-state index is 6.01. The van der Waals surface area contributed by atoms with Crippen LogP contribution in [-0.2, 0) is 0 Å². The highest BCUT2D eigenvalue weighted by atomic mass is 35.5. The summed E-state index contributed by atoms with van der Waals surface area (Å²) >= 11 is 7.81. The summed E-state index contributed by atoms with van der Waals surface area (Å²) < 4.78 is 0. The molecule has 1 heterocycles. The van der Waals surface area contributed by atoms with Gasteiger partial charge in [-0.1, -0.05) is 35.5 Å². The van der Waals surface area contributed by atoms with Gasteiger partial charge in [-0.05, 0) is 44.9 Å². The van der Waals surface area contributed by atoms with Crippen LogP contribution in [0.25, 0.3) is 0 Å². The first-order valence-corrected chi connectivity index (χ1v) is 7.57. The lowest BCUT2D eigenvalue weighted by Gasteiger charge is -2.32. The molecule has 0 bridgehead atoms. The predicted octanol–water partition coefficient (Wildman–Crippen LogP) is 4.26. The Morgan fingerprint density at radius 3 is 2.89 bits per heavy atom. The Bertz CT molecular complexity index is 457. The molecule has 1 fully saturated rings. The van der Waals surface area contributed by atoms with Crippen molar-refractivity contribution in [3.8, 4) is 0 Å². The van der Waals surface area contributed by atoms with Gasteiger partial charge in [0.25, 0.3) is 0 Å². The lowest BCUT2D eigenvalue weighted by Crippen LogP contribution is -2.46. The van der Waals surface area contributed by atoms with Crippen molar-refractivity contribution in [1.29, 1.82) is 0 Å². The molecule has 1 unspecified atom stereocenters. The minimum absolute atomic E-state index is 0.132. The molecule has 1 aromatic carbocycles. The molecule has 0 aromatic heterocycles. The van der Waals surface area contributed by atoms with Crippen LogP contribution in [0, 0.1) is 0 Å². The van der Waals surface area contributed by atoms with E-state index in [9.17, 15) is 0 Å². The number of thioether (sulfide) groups is 1. The minimum atomic E-state index is 0.132. The Hall–Kier alpha value is -0.670. The molecular weight excluding hydrogens is 264 g/mol.